The first kappa shape index (κ1) is 21.8. The molecule has 31 heavy (non-hydrogen) atoms. The van der Waals surface area contributed by atoms with Gasteiger partial charge in [-0.25, -0.2) is 4.98 Å². The fourth-order valence-corrected chi connectivity index (χ4v) is 4.09. The number of carbonyl (C=O) groups excluding carboxylic acids is 1. The van der Waals surface area contributed by atoms with Gasteiger partial charge in [0.2, 0.25) is 5.91 Å². The van der Waals surface area contributed by atoms with Gasteiger partial charge in [0, 0.05) is 11.1 Å². The molecule has 4 aromatic rings. The Bertz CT molecular complexity index is 1160. The molecule has 0 aliphatic heterocycles. The van der Waals surface area contributed by atoms with Crippen molar-refractivity contribution < 1.29 is 9.21 Å². The summed E-state index contributed by atoms with van der Waals surface area (Å²) in [6, 6.07) is 22.5. The summed E-state index contributed by atoms with van der Waals surface area (Å²) in [5, 5.41) is 4.06. The number of carbonyl (C=O) groups is 1. The summed E-state index contributed by atoms with van der Waals surface area (Å²) in [7, 11) is 0. The lowest BCUT2D eigenvalue weighted by atomic mass is 10.1. The Morgan fingerprint density at radius 3 is 2.16 bits per heavy atom. The normalized spacial score (nSPS) is 10.8. The molecule has 0 spiro atoms. The third-order valence-electron chi connectivity index (χ3n) is 4.30. The van der Waals surface area contributed by atoms with Crippen LogP contribution in [0.4, 0.5) is 5.69 Å². The molecular formula is C23H15Cl3N2O2S. The quantitative estimate of drug-likeness (QED) is 0.223. The third kappa shape index (κ3) is 5.25. The van der Waals surface area contributed by atoms with Crippen LogP contribution in [0.25, 0.3) is 22.6 Å². The largest absolute Gasteiger partial charge is 0.431 e. The van der Waals surface area contributed by atoms with Crippen molar-refractivity contribution in [3.8, 4) is 22.6 Å². The topological polar surface area (TPSA) is 55.1 Å². The number of anilines is 1. The Labute approximate surface area is 198 Å². The molecule has 0 aliphatic rings. The lowest BCUT2D eigenvalue weighted by molar-refractivity contribution is -0.113. The summed E-state index contributed by atoms with van der Waals surface area (Å²) in [5.41, 5.74) is 2.96. The zero-order valence-corrected chi connectivity index (χ0v) is 19.0. The zero-order chi connectivity index (χ0) is 21.8. The maximum Gasteiger partial charge on any atom is 0.257 e. The monoisotopic (exact) mass is 488 g/mol. The number of oxazole rings is 1. The summed E-state index contributed by atoms with van der Waals surface area (Å²) in [6.07, 6.45) is 0. The second-order valence-electron chi connectivity index (χ2n) is 6.47. The van der Waals surface area contributed by atoms with Crippen molar-refractivity contribution in [2.24, 2.45) is 0 Å². The van der Waals surface area contributed by atoms with Crippen molar-refractivity contribution in [3.63, 3.8) is 0 Å². The molecule has 0 saturated carbocycles. The highest BCUT2D eigenvalue weighted by Gasteiger charge is 2.18. The van der Waals surface area contributed by atoms with Crippen LogP contribution in [0.1, 0.15) is 0 Å². The SMILES string of the molecule is O=C(CSc1nc(-c2ccccc2)c(-c2ccccc2)o1)Nc1cc(Cl)c(Cl)cc1Cl. The number of thioether (sulfide) groups is 1. The van der Waals surface area contributed by atoms with E-state index in [-0.39, 0.29) is 11.7 Å². The number of rotatable bonds is 6. The predicted octanol–water partition coefficient (Wildman–Crippen LogP) is 7.70. The Hall–Kier alpha value is -2.44. The van der Waals surface area contributed by atoms with E-state index in [0.717, 1.165) is 16.8 Å². The van der Waals surface area contributed by atoms with Crippen LogP contribution in [-0.4, -0.2) is 16.6 Å². The fraction of sp³-hybridized carbons (Fsp3) is 0.0435. The first-order valence-corrected chi connectivity index (χ1v) is 11.3. The summed E-state index contributed by atoms with van der Waals surface area (Å²) in [6.45, 7) is 0. The molecule has 1 aromatic heterocycles. The Kier molecular flexibility index (Phi) is 6.88. The second-order valence-corrected chi connectivity index (χ2v) is 8.62. The first-order valence-electron chi connectivity index (χ1n) is 9.20. The Balaban J connectivity index is 1.53. The number of hydrogen-bond donors (Lipinski definition) is 1. The van der Waals surface area contributed by atoms with Gasteiger partial charge in [0.25, 0.3) is 5.22 Å². The van der Waals surface area contributed by atoms with Crippen LogP contribution in [0, 0.1) is 0 Å². The van der Waals surface area contributed by atoms with Gasteiger partial charge in [-0.1, -0.05) is 107 Å². The van der Waals surface area contributed by atoms with Crippen LogP contribution in [-0.2, 0) is 4.79 Å². The van der Waals surface area contributed by atoms with Gasteiger partial charge in [0.1, 0.15) is 5.69 Å². The molecule has 4 nitrogen and oxygen atoms in total. The number of nitrogens with one attached hydrogen (secondary N) is 1. The van der Waals surface area contributed by atoms with Gasteiger partial charge in [-0.15, -0.1) is 0 Å². The van der Waals surface area contributed by atoms with E-state index in [1.165, 1.54) is 23.9 Å². The molecule has 1 N–H and O–H groups in total. The van der Waals surface area contributed by atoms with E-state index >= 15 is 0 Å². The highest BCUT2D eigenvalue weighted by atomic mass is 35.5. The van der Waals surface area contributed by atoms with Crippen LogP contribution in [0.5, 0.6) is 0 Å². The van der Waals surface area contributed by atoms with E-state index in [2.05, 4.69) is 10.3 Å². The van der Waals surface area contributed by atoms with E-state index in [1.807, 2.05) is 60.7 Å². The fourth-order valence-electron chi connectivity index (χ4n) is 2.87. The van der Waals surface area contributed by atoms with E-state index in [1.54, 1.807) is 0 Å². The van der Waals surface area contributed by atoms with Gasteiger partial charge in [0.05, 0.1) is 26.5 Å². The molecule has 0 saturated heterocycles. The molecule has 3 aromatic carbocycles. The first-order chi connectivity index (χ1) is 15.0. The molecule has 0 atom stereocenters. The highest BCUT2D eigenvalue weighted by Crippen LogP contribution is 2.36. The average molecular weight is 490 g/mol. The summed E-state index contributed by atoms with van der Waals surface area (Å²) in [5.74, 6) is 0.466. The molecule has 1 heterocycles. The predicted molar refractivity (Wildman–Crippen MR) is 128 cm³/mol. The molecule has 4 rings (SSSR count). The molecule has 0 aliphatic carbocycles. The maximum absolute atomic E-state index is 12.4. The summed E-state index contributed by atoms with van der Waals surface area (Å²) < 4.78 is 6.02. The molecule has 1 amide bonds. The molecule has 0 radical (unpaired) electrons. The highest BCUT2D eigenvalue weighted by molar-refractivity contribution is 7.99. The average Bonchev–Trinajstić information content (AvgIpc) is 3.22. The lowest BCUT2D eigenvalue weighted by Gasteiger charge is -2.08. The number of amides is 1. The van der Waals surface area contributed by atoms with Crippen molar-refractivity contribution in [1.82, 2.24) is 4.98 Å². The Morgan fingerprint density at radius 1 is 0.871 bits per heavy atom. The van der Waals surface area contributed by atoms with Crippen molar-refractivity contribution in [3.05, 3.63) is 87.9 Å². The van der Waals surface area contributed by atoms with Crippen molar-refractivity contribution in [1.29, 1.82) is 0 Å². The molecular weight excluding hydrogens is 475 g/mol. The van der Waals surface area contributed by atoms with E-state index in [9.17, 15) is 4.79 Å². The van der Waals surface area contributed by atoms with Gasteiger partial charge in [-0.2, -0.15) is 0 Å². The number of benzene rings is 3. The number of hydrogen-bond acceptors (Lipinski definition) is 4. The minimum Gasteiger partial charge on any atom is -0.431 e. The molecule has 8 heteroatoms. The number of nitrogens with zero attached hydrogens (tertiary/aromatic N) is 1. The second kappa shape index (κ2) is 9.79. The van der Waals surface area contributed by atoms with Crippen molar-refractivity contribution in [2.45, 2.75) is 5.22 Å². The molecule has 0 bridgehead atoms. The van der Waals surface area contributed by atoms with Crippen LogP contribution >= 0.6 is 46.6 Å². The van der Waals surface area contributed by atoms with E-state index < -0.39 is 0 Å². The molecule has 0 fully saturated rings. The van der Waals surface area contributed by atoms with Crippen molar-refractivity contribution >= 4 is 58.2 Å². The third-order valence-corrected chi connectivity index (χ3v) is 6.16. The minimum absolute atomic E-state index is 0.0829. The van der Waals surface area contributed by atoms with Crippen LogP contribution in [0.2, 0.25) is 15.1 Å². The van der Waals surface area contributed by atoms with Gasteiger partial charge in [-0.3, -0.25) is 4.79 Å². The molecule has 156 valence electrons. The van der Waals surface area contributed by atoms with Crippen LogP contribution < -0.4 is 5.32 Å². The number of halogens is 3. The smallest absolute Gasteiger partial charge is 0.257 e. The van der Waals surface area contributed by atoms with E-state index in [0.29, 0.717) is 31.7 Å². The number of aromatic nitrogens is 1. The molecule has 0 unspecified atom stereocenters. The minimum atomic E-state index is -0.272. The van der Waals surface area contributed by atoms with E-state index in [4.69, 9.17) is 39.2 Å². The van der Waals surface area contributed by atoms with Crippen LogP contribution in [0.15, 0.2) is 82.4 Å². The van der Waals surface area contributed by atoms with Gasteiger partial charge in [0.15, 0.2) is 5.76 Å². The standard InChI is InChI=1S/C23H15Cl3N2O2S/c24-16-11-18(26)19(12-17(16)25)27-20(29)13-31-23-28-21(14-7-3-1-4-8-14)22(30-23)15-9-5-2-6-10-15/h1-12H,13H2,(H,27,29). The lowest BCUT2D eigenvalue weighted by Crippen LogP contribution is -2.14. The Morgan fingerprint density at radius 2 is 1.48 bits per heavy atom. The summed E-state index contributed by atoms with van der Waals surface area (Å²) >= 11 is 19.3. The van der Waals surface area contributed by atoms with Crippen molar-refractivity contribution in [2.75, 3.05) is 11.1 Å². The van der Waals surface area contributed by atoms with Gasteiger partial charge < -0.3 is 9.73 Å². The zero-order valence-electron chi connectivity index (χ0n) is 15.9. The van der Waals surface area contributed by atoms with Gasteiger partial charge in [-0.05, 0) is 12.1 Å². The van der Waals surface area contributed by atoms with Gasteiger partial charge >= 0.3 is 0 Å². The van der Waals surface area contributed by atoms with Crippen LogP contribution in [0.3, 0.4) is 0 Å². The summed E-state index contributed by atoms with van der Waals surface area (Å²) in [4.78, 5) is 17.1. The maximum atomic E-state index is 12.4.